The maximum absolute atomic E-state index is 13.5. The molecule has 3 heterocycles. The first-order chi connectivity index (χ1) is 16.4. The number of benzene rings is 1. The minimum Gasteiger partial charge on any atom is -0.435 e. The molecule has 0 radical (unpaired) electrons. The number of halogens is 3. The molecule has 2 saturated heterocycles. The Morgan fingerprint density at radius 1 is 1.20 bits per heavy atom. The lowest BCUT2D eigenvalue weighted by molar-refractivity contribution is -0.155. The van der Waals surface area contributed by atoms with Crippen molar-refractivity contribution in [2.45, 2.75) is 31.2 Å². The van der Waals surface area contributed by atoms with E-state index in [2.05, 4.69) is 0 Å². The minimum atomic E-state index is -4.87. The smallest absolute Gasteiger partial charge is 0.417 e. The van der Waals surface area contributed by atoms with Crippen molar-refractivity contribution < 1.29 is 46.5 Å². The van der Waals surface area contributed by atoms with E-state index < -0.39 is 58.1 Å². The van der Waals surface area contributed by atoms with Gasteiger partial charge in [-0.05, 0) is 38.1 Å². The maximum Gasteiger partial charge on any atom is 0.417 e. The van der Waals surface area contributed by atoms with Crippen molar-refractivity contribution in [1.29, 1.82) is 5.26 Å². The Bertz CT molecular complexity index is 1170. The van der Waals surface area contributed by atoms with Gasteiger partial charge < -0.3 is 18.9 Å². The molecule has 0 N–H and O–H groups in total. The minimum absolute atomic E-state index is 0.0235. The maximum atomic E-state index is 13.5. The summed E-state index contributed by atoms with van der Waals surface area (Å²) in [6, 6.07) is 4.08. The average Bonchev–Trinajstić information content (AvgIpc) is 3.33. The summed E-state index contributed by atoms with van der Waals surface area (Å²) in [5.74, 6) is -4.58. The van der Waals surface area contributed by atoms with E-state index in [1.165, 1.54) is 33.1 Å². The lowest BCUT2D eigenvalue weighted by Gasteiger charge is -2.28. The highest BCUT2D eigenvalue weighted by molar-refractivity contribution is 6.24. The monoisotopic (exact) mass is 494 g/mol. The molecule has 0 aliphatic carbocycles. The molecule has 186 valence electrons. The van der Waals surface area contributed by atoms with E-state index in [-0.39, 0.29) is 24.7 Å². The third kappa shape index (κ3) is 3.80. The quantitative estimate of drug-likeness (QED) is 0.246. The first kappa shape index (κ1) is 24.8. The van der Waals surface area contributed by atoms with Crippen LogP contribution in [-0.4, -0.2) is 56.1 Å². The molecule has 9 nitrogen and oxygen atoms in total. The molecule has 3 aliphatic rings. The fourth-order valence-electron chi connectivity index (χ4n) is 5.05. The van der Waals surface area contributed by atoms with Gasteiger partial charge >= 0.3 is 12.1 Å². The second-order valence-electron chi connectivity index (χ2n) is 8.71. The molecule has 0 unspecified atom stereocenters. The number of anilines is 1. The molecule has 3 aliphatic heterocycles. The Morgan fingerprint density at radius 3 is 2.51 bits per heavy atom. The highest BCUT2D eigenvalue weighted by Gasteiger charge is 2.74. The second-order valence-corrected chi connectivity index (χ2v) is 8.71. The van der Waals surface area contributed by atoms with Crippen LogP contribution in [0.25, 0.3) is 0 Å². The number of alkyl halides is 3. The predicted octanol–water partition coefficient (Wildman–Crippen LogP) is 2.33. The van der Waals surface area contributed by atoms with Crippen LogP contribution in [0.4, 0.5) is 18.9 Å². The van der Waals surface area contributed by atoms with Crippen LogP contribution in [0, 0.1) is 23.2 Å². The van der Waals surface area contributed by atoms with Crippen LogP contribution in [0.3, 0.4) is 0 Å². The number of amides is 2. The van der Waals surface area contributed by atoms with Crippen LogP contribution >= 0.6 is 0 Å². The summed E-state index contributed by atoms with van der Waals surface area (Å²) in [6.07, 6.45) is -3.45. The SMILES string of the molecule is COCCOCOC(=O)C1=C[C@@]2(C)O[C@]1(C)[C@@H]1C(=O)N(c3ccc(C#N)c(C(F)(F)F)c3)C(=O)[C@@H]12. The molecule has 0 spiro atoms. The summed E-state index contributed by atoms with van der Waals surface area (Å²) in [5, 5.41) is 9.02. The number of hydrogen-bond acceptors (Lipinski definition) is 8. The van der Waals surface area contributed by atoms with E-state index in [4.69, 9.17) is 24.2 Å². The highest BCUT2D eigenvalue weighted by Crippen LogP contribution is 2.60. The van der Waals surface area contributed by atoms with E-state index in [0.29, 0.717) is 17.6 Å². The van der Waals surface area contributed by atoms with Gasteiger partial charge in [-0.15, -0.1) is 0 Å². The van der Waals surface area contributed by atoms with E-state index in [9.17, 15) is 27.6 Å². The van der Waals surface area contributed by atoms with Gasteiger partial charge in [0, 0.05) is 7.11 Å². The van der Waals surface area contributed by atoms with E-state index >= 15 is 0 Å². The van der Waals surface area contributed by atoms with Crippen LogP contribution in [0.1, 0.15) is 25.0 Å². The Balaban J connectivity index is 1.63. The Labute approximate surface area is 198 Å². The molecule has 2 fully saturated rings. The van der Waals surface area contributed by atoms with Gasteiger partial charge in [0.2, 0.25) is 11.8 Å². The Morgan fingerprint density at radius 2 is 1.89 bits per heavy atom. The van der Waals surface area contributed by atoms with Crippen LogP contribution in [0.2, 0.25) is 0 Å². The van der Waals surface area contributed by atoms with Gasteiger partial charge in [-0.25, -0.2) is 9.69 Å². The van der Waals surface area contributed by atoms with Gasteiger partial charge in [0.15, 0.2) is 6.79 Å². The molecule has 2 amide bonds. The lowest BCUT2D eigenvalue weighted by Crippen LogP contribution is -2.43. The molecule has 4 rings (SSSR count). The van der Waals surface area contributed by atoms with Crippen molar-refractivity contribution in [3.63, 3.8) is 0 Å². The summed E-state index contributed by atoms with van der Waals surface area (Å²) in [6.45, 7) is 3.10. The fraction of sp³-hybridized carbons (Fsp3) is 0.478. The number of esters is 1. The molecule has 4 atom stereocenters. The summed E-state index contributed by atoms with van der Waals surface area (Å²) in [7, 11) is 1.48. The zero-order valence-corrected chi connectivity index (χ0v) is 19.0. The van der Waals surface area contributed by atoms with Crippen LogP contribution in [0.5, 0.6) is 0 Å². The summed E-state index contributed by atoms with van der Waals surface area (Å²) >= 11 is 0. The van der Waals surface area contributed by atoms with Crippen LogP contribution < -0.4 is 4.90 Å². The summed E-state index contributed by atoms with van der Waals surface area (Å²) in [5.41, 5.74) is -5.08. The molecule has 0 saturated carbocycles. The fourth-order valence-corrected chi connectivity index (χ4v) is 5.05. The van der Waals surface area contributed by atoms with E-state index in [1.807, 2.05) is 0 Å². The largest absolute Gasteiger partial charge is 0.435 e. The molecule has 12 heteroatoms. The Kier molecular flexibility index (Phi) is 5.99. The molecule has 35 heavy (non-hydrogen) atoms. The number of carbonyl (C=O) groups is 3. The normalized spacial score (nSPS) is 29.3. The van der Waals surface area contributed by atoms with Crippen molar-refractivity contribution in [3.8, 4) is 6.07 Å². The molecule has 2 bridgehead atoms. The zero-order valence-electron chi connectivity index (χ0n) is 19.0. The number of carbonyl (C=O) groups excluding carboxylic acids is 3. The van der Waals surface area contributed by atoms with Gasteiger partial charge in [0.05, 0.1) is 59.1 Å². The van der Waals surface area contributed by atoms with Crippen LogP contribution in [-0.2, 0) is 39.5 Å². The highest BCUT2D eigenvalue weighted by atomic mass is 19.4. The molecular weight excluding hydrogens is 473 g/mol. The van der Waals surface area contributed by atoms with Crippen molar-refractivity contribution in [2.24, 2.45) is 11.8 Å². The van der Waals surface area contributed by atoms with E-state index in [0.717, 1.165) is 12.1 Å². The third-order valence-corrected chi connectivity index (χ3v) is 6.53. The molecule has 1 aromatic rings. The summed E-state index contributed by atoms with van der Waals surface area (Å²) in [4.78, 5) is 40.1. The number of nitriles is 1. The summed E-state index contributed by atoms with van der Waals surface area (Å²) < 4.78 is 61.4. The van der Waals surface area contributed by atoms with Gasteiger partial charge in [-0.2, -0.15) is 18.4 Å². The average molecular weight is 494 g/mol. The molecule has 0 aromatic heterocycles. The van der Waals surface area contributed by atoms with Gasteiger partial charge in [-0.3, -0.25) is 9.59 Å². The predicted molar refractivity (Wildman–Crippen MR) is 110 cm³/mol. The van der Waals surface area contributed by atoms with Crippen molar-refractivity contribution in [2.75, 3.05) is 32.0 Å². The van der Waals surface area contributed by atoms with Gasteiger partial charge in [0.25, 0.3) is 0 Å². The standard InChI is InChI=1S/C23H21F3N2O7/c1-21-9-15(20(31)34-11-33-7-6-32-3)22(2,35-21)17-16(21)18(29)28(19(17)30)13-5-4-12(10-27)14(8-13)23(24,25)26/h4-5,8-9,16-17H,6-7,11H2,1-3H3/t16-,17+,21-,22+/m1/s1. The zero-order chi connectivity index (χ0) is 25.8. The number of imide groups is 1. The first-order valence-corrected chi connectivity index (χ1v) is 10.6. The number of methoxy groups -OCH3 is 1. The topological polar surface area (TPSA) is 115 Å². The number of fused-ring (bicyclic) bond motifs is 5. The number of ether oxygens (including phenoxy) is 4. The van der Waals surface area contributed by atoms with Gasteiger partial charge in [0.1, 0.15) is 5.60 Å². The number of rotatable bonds is 7. The number of hydrogen-bond donors (Lipinski definition) is 0. The van der Waals surface area contributed by atoms with Crippen molar-refractivity contribution in [1.82, 2.24) is 0 Å². The van der Waals surface area contributed by atoms with Gasteiger partial charge in [-0.1, -0.05) is 0 Å². The molecule has 1 aromatic carbocycles. The van der Waals surface area contributed by atoms with Crippen molar-refractivity contribution in [3.05, 3.63) is 41.0 Å². The van der Waals surface area contributed by atoms with Crippen LogP contribution in [0.15, 0.2) is 29.8 Å². The third-order valence-electron chi connectivity index (χ3n) is 6.53. The number of nitrogens with zero attached hydrogens (tertiary/aromatic N) is 2. The van der Waals surface area contributed by atoms with Crippen molar-refractivity contribution >= 4 is 23.5 Å². The van der Waals surface area contributed by atoms with E-state index in [1.54, 1.807) is 0 Å². The Hall–Kier alpha value is -3.27. The first-order valence-electron chi connectivity index (χ1n) is 10.6. The second kappa shape index (κ2) is 8.44. The lowest BCUT2D eigenvalue weighted by atomic mass is 9.69. The molecular formula is C23H21F3N2O7.